The molecular weight excluding hydrogens is 144 g/mol. The van der Waals surface area contributed by atoms with Crippen LogP contribution in [0.3, 0.4) is 0 Å². The molecule has 0 heteroatoms. The zero-order chi connectivity index (χ0) is 8.72. The Bertz CT molecular complexity index is 201. The van der Waals surface area contributed by atoms with E-state index in [0.717, 1.165) is 17.8 Å². The summed E-state index contributed by atoms with van der Waals surface area (Å²) in [6.07, 6.45) is 5.78. The van der Waals surface area contributed by atoms with Crippen LogP contribution in [-0.4, -0.2) is 0 Å². The summed E-state index contributed by atoms with van der Waals surface area (Å²) in [7, 11) is 0. The van der Waals surface area contributed by atoms with Crippen molar-refractivity contribution in [2.24, 2.45) is 17.8 Å². The molecule has 12 heavy (non-hydrogen) atoms. The molecule has 0 heterocycles. The lowest BCUT2D eigenvalue weighted by Gasteiger charge is -2.26. The van der Waals surface area contributed by atoms with Gasteiger partial charge in [-0.3, -0.25) is 0 Å². The van der Waals surface area contributed by atoms with Gasteiger partial charge in [0.25, 0.3) is 0 Å². The lowest BCUT2D eigenvalue weighted by Crippen LogP contribution is -2.12. The number of hydrogen-bond acceptors (Lipinski definition) is 0. The molecular formula is C12H20. The Labute approximate surface area is 76.1 Å². The van der Waals surface area contributed by atoms with Crippen molar-refractivity contribution in [2.75, 3.05) is 0 Å². The third-order valence-electron chi connectivity index (χ3n) is 4.00. The van der Waals surface area contributed by atoms with Crippen molar-refractivity contribution in [3.8, 4) is 0 Å². The second kappa shape index (κ2) is 2.90. The number of rotatable bonds is 2. The fourth-order valence-electron chi connectivity index (χ4n) is 2.77. The molecule has 2 saturated carbocycles. The van der Waals surface area contributed by atoms with Crippen molar-refractivity contribution in [1.29, 1.82) is 0 Å². The van der Waals surface area contributed by atoms with Crippen LogP contribution in [0.4, 0.5) is 0 Å². The maximum atomic E-state index is 2.39. The predicted octanol–water partition coefficient (Wildman–Crippen LogP) is 3.78. The monoisotopic (exact) mass is 164 g/mol. The lowest BCUT2D eigenvalue weighted by molar-refractivity contribution is 0.366. The molecule has 0 saturated heterocycles. The van der Waals surface area contributed by atoms with Gasteiger partial charge in [0.1, 0.15) is 0 Å². The minimum absolute atomic E-state index is 0.926. The minimum atomic E-state index is 0.926. The molecule has 0 aromatic heterocycles. The van der Waals surface area contributed by atoms with E-state index in [4.69, 9.17) is 0 Å². The Morgan fingerprint density at radius 3 is 2.42 bits per heavy atom. The molecule has 0 spiro atoms. The molecule has 2 aliphatic rings. The first-order valence-electron chi connectivity index (χ1n) is 5.46. The second-order valence-electron chi connectivity index (χ2n) is 4.57. The SMILES string of the molecule is CCC1C(=C(C)C2CCC2)C1C. The van der Waals surface area contributed by atoms with Gasteiger partial charge in [0.15, 0.2) is 0 Å². The molecule has 2 rings (SSSR count). The maximum Gasteiger partial charge on any atom is -0.0137 e. The number of allylic oxidation sites excluding steroid dienone is 2. The van der Waals surface area contributed by atoms with E-state index in [2.05, 4.69) is 20.8 Å². The van der Waals surface area contributed by atoms with E-state index < -0.39 is 0 Å². The summed E-state index contributed by atoms with van der Waals surface area (Å²) in [5.41, 5.74) is 3.59. The minimum Gasteiger partial charge on any atom is -0.0704 e. The largest absolute Gasteiger partial charge is 0.0704 e. The van der Waals surface area contributed by atoms with E-state index in [9.17, 15) is 0 Å². The molecule has 0 aliphatic heterocycles. The third kappa shape index (κ3) is 1.12. The smallest absolute Gasteiger partial charge is 0.0137 e. The molecule has 0 aromatic carbocycles. The Morgan fingerprint density at radius 1 is 1.42 bits per heavy atom. The van der Waals surface area contributed by atoms with Crippen molar-refractivity contribution >= 4 is 0 Å². The highest BCUT2D eigenvalue weighted by atomic mass is 14.5. The average Bonchev–Trinajstić information content (AvgIpc) is 2.57. The first-order valence-corrected chi connectivity index (χ1v) is 5.46. The topological polar surface area (TPSA) is 0 Å². The van der Waals surface area contributed by atoms with Crippen LogP contribution in [0, 0.1) is 17.8 Å². The van der Waals surface area contributed by atoms with E-state index in [1.807, 2.05) is 5.57 Å². The zero-order valence-electron chi connectivity index (χ0n) is 8.56. The van der Waals surface area contributed by atoms with Crippen LogP contribution < -0.4 is 0 Å². The van der Waals surface area contributed by atoms with E-state index in [-0.39, 0.29) is 0 Å². The molecule has 2 unspecified atom stereocenters. The normalized spacial score (nSPS) is 39.2. The molecule has 68 valence electrons. The van der Waals surface area contributed by atoms with Crippen LogP contribution in [0.1, 0.15) is 46.5 Å². The van der Waals surface area contributed by atoms with Gasteiger partial charge in [-0.2, -0.15) is 0 Å². The number of hydrogen-bond donors (Lipinski definition) is 0. The Hall–Kier alpha value is -0.260. The first-order chi connectivity index (χ1) is 5.75. The molecule has 0 bridgehead atoms. The van der Waals surface area contributed by atoms with Gasteiger partial charge in [0, 0.05) is 0 Å². The summed E-state index contributed by atoms with van der Waals surface area (Å²) in [6.45, 7) is 7.10. The van der Waals surface area contributed by atoms with Gasteiger partial charge in [-0.05, 0) is 43.9 Å². The second-order valence-corrected chi connectivity index (χ2v) is 4.57. The Balaban J connectivity index is 2.05. The van der Waals surface area contributed by atoms with Gasteiger partial charge < -0.3 is 0 Å². The molecule has 2 aliphatic carbocycles. The Kier molecular flexibility index (Phi) is 2.02. The lowest BCUT2D eigenvalue weighted by atomic mass is 9.79. The van der Waals surface area contributed by atoms with Crippen LogP contribution in [0.15, 0.2) is 11.1 Å². The van der Waals surface area contributed by atoms with Crippen molar-refractivity contribution < 1.29 is 0 Å². The molecule has 0 N–H and O–H groups in total. The molecule has 0 radical (unpaired) electrons. The van der Waals surface area contributed by atoms with Crippen LogP contribution >= 0.6 is 0 Å². The van der Waals surface area contributed by atoms with Gasteiger partial charge in [0.05, 0.1) is 0 Å². The van der Waals surface area contributed by atoms with Gasteiger partial charge in [-0.1, -0.05) is 31.4 Å². The summed E-state index contributed by atoms with van der Waals surface area (Å²) >= 11 is 0. The van der Waals surface area contributed by atoms with Crippen LogP contribution in [-0.2, 0) is 0 Å². The van der Waals surface area contributed by atoms with E-state index in [0.29, 0.717) is 0 Å². The van der Waals surface area contributed by atoms with Crippen LogP contribution in [0.5, 0.6) is 0 Å². The molecule has 0 amide bonds. The van der Waals surface area contributed by atoms with Gasteiger partial charge in [-0.15, -0.1) is 0 Å². The van der Waals surface area contributed by atoms with Crippen molar-refractivity contribution in [1.82, 2.24) is 0 Å². The molecule has 2 fully saturated rings. The van der Waals surface area contributed by atoms with Crippen LogP contribution in [0.25, 0.3) is 0 Å². The first kappa shape index (κ1) is 8.34. The zero-order valence-corrected chi connectivity index (χ0v) is 8.56. The highest BCUT2D eigenvalue weighted by molar-refractivity contribution is 5.34. The summed E-state index contributed by atoms with van der Waals surface area (Å²) in [5.74, 6) is 2.88. The van der Waals surface area contributed by atoms with Crippen molar-refractivity contribution in [3.63, 3.8) is 0 Å². The van der Waals surface area contributed by atoms with Gasteiger partial charge in [-0.25, -0.2) is 0 Å². The highest BCUT2D eigenvalue weighted by Crippen LogP contribution is 2.52. The van der Waals surface area contributed by atoms with E-state index in [1.54, 1.807) is 5.57 Å². The van der Waals surface area contributed by atoms with Gasteiger partial charge >= 0.3 is 0 Å². The van der Waals surface area contributed by atoms with Crippen molar-refractivity contribution in [3.05, 3.63) is 11.1 Å². The maximum absolute atomic E-state index is 2.39. The fraction of sp³-hybridized carbons (Fsp3) is 0.833. The molecule has 2 atom stereocenters. The van der Waals surface area contributed by atoms with Gasteiger partial charge in [0.2, 0.25) is 0 Å². The third-order valence-corrected chi connectivity index (χ3v) is 4.00. The van der Waals surface area contributed by atoms with E-state index in [1.165, 1.54) is 25.7 Å². The summed E-state index contributed by atoms with van der Waals surface area (Å²) < 4.78 is 0. The summed E-state index contributed by atoms with van der Waals surface area (Å²) in [4.78, 5) is 0. The van der Waals surface area contributed by atoms with E-state index >= 15 is 0 Å². The quantitative estimate of drug-likeness (QED) is 0.545. The molecule has 0 nitrogen and oxygen atoms in total. The summed E-state index contributed by atoms with van der Waals surface area (Å²) in [6, 6.07) is 0. The fourth-order valence-corrected chi connectivity index (χ4v) is 2.77. The highest BCUT2D eigenvalue weighted by Gasteiger charge is 2.41. The molecule has 0 aromatic rings. The standard InChI is InChI=1S/C12H20/c1-4-11-9(3)12(11)8(2)10-6-5-7-10/h9-11H,4-7H2,1-3H3. The average molecular weight is 164 g/mol. The summed E-state index contributed by atoms with van der Waals surface area (Å²) in [5, 5.41) is 0. The predicted molar refractivity (Wildman–Crippen MR) is 53.0 cm³/mol. The van der Waals surface area contributed by atoms with Crippen molar-refractivity contribution in [2.45, 2.75) is 46.5 Å². The van der Waals surface area contributed by atoms with Crippen LogP contribution in [0.2, 0.25) is 0 Å². The Morgan fingerprint density at radius 2 is 2.08 bits per heavy atom.